The summed E-state index contributed by atoms with van der Waals surface area (Å²) in [7, 11) is 20.2. The van der Waals surface area contributed by atoms with Crippen LogP contribution in [0.2, 0.25) is 0 Å². The quantitative estimate of drug-likeness (QED) is 0.680. The van der Waals surface area contributed by atoms with Crippen molar-refractivity contribution < 1.29 is 4.57 Å². The Morgan fingerprint density at radius 3 is 1.87 bits per heavy atom. The summed E-state index contributed by atoms with van der Waals surface area (Å²) in [6, 6.07) is 6.17. The molecule has 0 aliphatic carbocycles. The molecule has 0 aromatic carbocycles. The summed E-state index contributed by atoms with van der Waals surface area (Å²) in [5.74, 6) is 0. The van der Waals surface area contributed by atoms with Crippen molar-refractivity contribution in [2.24, 2.45) is 0 Å². The van der Waals surface area contributed by atoms with E-state index in [1.54, 1.807) is 0 Å². The van der Waals surface area contributed by atoms with Crippen molar-refractivity contribution in [3.05, 3.63) is 30.6 Å². The van der Waals surface area contributed by atoms with Crippen LogP contribution < -0.4 is 4.57 Å². The number of aryl methyl sites for hydroxylation is 1. The second-order valence-electron chi connectivity index (χ2n) is 2.96. The fourth-order valence-corrected chi connectivity index (χ4v) is 0.924. The number of hydrogen-bond acceptors (Lipinski definition) is 0. The van der Waals surface area contributed by atoms with Crippen LogP contribution in [0, 0.1) is 0 Å². The summed E-state index contributed by atoms with van der Waals surface area (Å²) in [6.45, 7) is 3.36. The van der Waals surface area contributed by atoms with Gasteiger partial charge in [0.1, 0.15) is 6.54 Å². The van der Waals surface area contributed by atoms with Crippen molar-refractivity contribution in [1.29, 1.82) is 0 Å². The second kappa shape index (κ2) is 9.24. The maximum atomic E-state index is 5.05. The van der Waals surface area contributed by atoms with E-state index in [9.17, 15) is 0 Å². The first-order chi connectivity index (χ1) is 6.93. The van der Waals surface area contributed by atoms with E-state index in [4.69, 9.17) is 34.3 Å². The zero-order valence-corrected chi connectivity index (χ0v) is 14.9. The van der Waals surface area contributed by atoms with Gasteiger partial charge in [0.05, 0.1) is 0 Å². The standard InChI is InChI=1S/C9H14N.4ClH.In/c1-2-3-7-10-8-5-4-6-9-10;;;;;/h4-6,8-9H,2-3,7H2,1H3;4*1H;/q+1;;;;;+3/p-4. The number of halogens is 4. The Morgan fingerprint density at radius 2 is 1.47 bits per heavy atom. The molecule has 0 amide bonds. The number of rotatable bonds is 3. The molecular formula is C9H14Cl4InN. The molecule has 15 heavy (non-hydrogen) atoms. The average Bonchev–Trinajstić information content (AvgIpc) is 2.14. The number of unbranched alkanes of at least 4 members (excludes halogenated alkanes) is 1. The van der Waals surface area contributed by atoms with E-state index in [-0.39, 0.29) is 0 Å². The Morgan fingerprint density at radius 1 is 1.00 bits per heavy atom. The monoisotopic (exact) mass is 391 g/mol. The first kappa shape index (κ1) is 16.2. The molecule has 0 bridgehead atoms. The normalized spacial score (nSPS) is 10.5. The molecule has 0 aliphatic rings. The number of nitrogens with zero attached hydrogens (tertiary/aromatic N) is 1. The van der Waals surface area contributed by atoms with Crippen LogP contribution in [0.1, 0.15) is 19.8 Å². The maximum absolute atomic E-state index is 5.05. The molecule has 1 rings (SSSR count). The van der Waals surface area contributed by atoms with Crippen molar-refractivity contribution in [3.63, 3.8) is 0 Å². The molecule has 0 N–H and O–H groups in total. The van der Waals surface area contributed by atoms with Gasteiger partial charge in [0.15, 0.2) is 12.4 Å². The molecule has 0 atom stereocenters. The molecule has 0 fully saturated rings. The molecule has 0 radical (unpaired) electrons. The molecule has 0 saturated heterocycles. The second-order valence-corrected chi connectivity index (χ2v) is 32.3. The van der Waals surface area contributed by atoms with Crippen LogP contribution in [0.25, 0.3) is 0 Å². The molecule has 0 spiro atoms. The SMILES string of the molecule is CCCC[n+]1ccccc1.[Cl][In-]([Cl])([Cl])[Cl]. The fourth-order valence-electron chi connectivity index (χ4n) is 0.924. The third-order valence-electron chi connectivity index (χ3n) is 1.55. The van der Waals surface area contributed by atoms with E-state index in [2.05, 4.69) is 36.0 Å². The van der Waals surface area contributed by atoms with Crippen LogP contribution in [0.4, 0.5) is 0 Å². The predicted molar refractivity (Wildman–Crippen MR) is 70.7 cm³/mol. The molecule has 0 saturated carbocycles. The van der Waals surface area contributed by atoms with Crippen LogP contribution >= 0.6 is 34.3 Å². The molecule has 1 nitrogen and oxygen atoms in total. The molecule has 1 heterocycles. The number of pyridine rings is 1. The van der Waals surface area contributed by atoms with Crippen LogP contribution in [-0.4, -0.2) is 15.2 Å². The first-order valence-electron chi connectivity index (χ1n) is 4.75. The zero-order valence-electron chi connectivity index (χ0n) is 8.54. The third-order valence-corrected chi connectivity index (χ3v) is 1.55. The minimum absolute atomic E-state index is 1.15. The van der Waals surface area contributed by atoms with E-state index in [1.807, 2.05) is 6.07 Å². The van der Waals surface area contributed by atoms with Crippen molar-refractivity contribution in [3.8, 4) is 0 Å². The Hall–Kier alpha value is 1.18. The summed E-state index contributed by atoms with van der Waals surface area (Å²) in [4.78, 5) is 0. The van der Waals surface area contributed by atoms with Crippen molar-refractivity contribution in [2.75, 3.05) is 0 Å². The molecule has 1 aromatic rings. The first-order valence-corrected chi connectivity index (χ1v) is 21.4. The van der Waals surface area contributed by atoms with Gasteiger partial charge in [-0.25, -0.2) is 4.57 Å². The minimum atomic E-state index is -3.37. The molecule has 6 heteroatoms. The summed E-state index contributed by atoms with van der Waals surface area (Å²) >= 11 is -3.37. The Kier molecular flexibility index (Phi) is 9.96. The molecule has 0 aliphatic heterocycles. The van der Waals surface area contributed by atoms with Crippen LogP contribution in [0.15, 0.2) is 30.6 Å². The van der Waals surface area contributed by atoms with Crippen LogP contribution in [0.3, 0.4) is 0 Å². The van der Waals surface area contributed by atoms with Gasteiger partial charge in [-0.05, 0) is 0 Å². The van der Waals surface area contributed by atoms with Gasteiger partial charge >= 0.3 is 49.5 Å². The van der Waals surface area contributed by atoms with E-state index in [0.29, 0.717) is 0 Å². The van der Waals surface area contributed by atoms with Gasteiger partial charge in [0.2, 0.25) is 0 Å². The van der Waals surface area contributed by atoms with Gasteiger partial charge in [-0.3, -0.25) is 0 Å². The van der Waals surface area contributed by atoms with E-state index < -0.39 is 15.2 Å². The third kappa shape index (κ3) is 15.2. The number of aromatic nitrogens is 1. The van der Waals surface area contributed by atoms with Crippen molar-refractivity contribution >= 4 is 49.5 Å². The van der Waals surface area contributed by atoms with Crippen molar-refractivity contribution in [1.82, 2.24) is 0 Å². The summed E-state index contributed by atoms with van der Waals surface area (Å²) in [5, 5.41) is 0. The van der Waals surface area contributed by atoms with Gasteiger partial charge in [-0.1, -0.05) is 19.4 Å². The summed E-state index contributed by atoms with van der Waals surface area (Å²) in [5.41, 5.74) is 0. The molecular weight excluding hydrogens is 379 g/mol. The zero-order chi connectivity index (χ0) is 11.7. The van der Waals surface area contributed by atoms with E-state index >= 15 is 0 Å². The van der Waals surface area contributed by atoms with Gasteiger partial charge in [0, 0.05) is 18.6 Å². The van der Waals surface area contributed by atoms with Gasteiger partial charge in [-0.15, -0.1) is 0 Å². The van der Waals surface area contributed by atoms with Crippen LogP contribution in [0.5, 0.6) is 0 Å². The Labute approximate surface area is 110 Å². The van der Waals surface area contributed by atoms with Gasteiger partial charge < -0.3 is 0 Å². The molecule has 86 valence electrons. The van der Waals surface area contributed by atoms with Crippen LogP contribution in [-0.2, 0) is 6.54 Å². The van der Waals surface area contributed by atoms with Gasteiger partial charge in [-0.2, -0.15) is 0 Å². The van der Waals surface area contributed by atoms with E-state index in [0.717, 1.165) is 6.54 Å². The van der Waals surface area contributed by atoms with Crippen molar-refractivity contribution in [2.45, 2.75) is 26.3 Å². The Balaban J connectivity index is 0.000000336. The molecule has 0 unspecified atom stereocenters. The Bertz CT molecular complexity index is 244. The molecule has 1 aromatic heterocycles. The predicted octanol–water partition coefficient (Wildman–Crippen LogP) is 4.15. The van der Waals surface area contributed by atoms with E-state index in [1.165, 1.54) is 12.8 Å². The topological polar surface area (TPSA) is 3.88 Å². The fraction of sp³-hybridized carbons (Fsp3) is 0.444. The summed E-state index contributed by atoms with van der Waals surface area (Å²) < 4.78 is 2.21. The number of hydrogen-bond donors (Lipinski definition) is 0. The average molecular weight is 393 g/mol. The summed E-state index contributed by atoms with van der Waals surface area (Å²) in [6.07, 6.45) is 6.75. The van der Waals surface area contributed by atoms with Gasteiger partial charge in [0.25, 0.3) is 0 Å².